The third-order valence-electron chi connectivity index (χ3n) is 1.54. The van der Waals surface area contributed by atoms with Crippen molar-refractivity contribution in [1.29, 1.82) is 0 Å². The number of carbonyl (C=O) groups excluding carboxylic acids is 1. The van der Waals surface area contributed by atoms with E-state index >= 15 is 0 Å². The Balaban J connectivity index is 2.60. The number of carbonyl (C=O) groups is 1. The molecule has 0 N–H and O–H groups in total. The maximum atomic E-state index is 10.7. The van der Waals surface area contributed by atoms with E-state index < -0.39 is 0 Å². The number of hydrogen-bond acceptors (Lipinski definition) is 2. The van der Waals surface area contributed by atoms with Crippen LogP contribution in [0.25, 0.3) is 0 Å². The molecule has 0 bridgehead atoms. The summed E-state index contributed by atoms with van der Waals surface area (Å²) in [5.74, 6) is 0.367. The highest BCUT2D eigenvalue weighted by Crippen LogP contribution is 2.21. The largest absolute Gasteiger partial charge is 0.422 e. The summed E-state index contributed by atoms with van der Waals surface area (Å²) in [6.45, 7) is 2.12. The molecule has 0 aromatic carbocycles. The van der Waals surface area contributed by atoms with Crippen molar-refractivity contribution in [3.8, 4) is 0 Å². The van der Waals surface area contributed by atoms with Gasteiger partial charge in [-0.05, 0) is 41.2 Å². The first-order valence-corrected chi connectivity index (χ1v) is 5.28. The zero-order valence-corrected chi connectivity index (χ0v) is 9.58. The SMILES string of the molecule is CCC/C=C/C(I)=C1\C=CC(=O)O1. The highest BCUT2D eigenvalue weighted by molar-refractivity contribution is 14.1. The van der Waals surface area contributed by atoms with E-state index in [-0.39, 0.29) is 5.97 Å². The number of halogens is 1. The smallest absolute Gasteiger partial charge is 0.336 e. The molecule has 1 aliphatic rings. The van der Waals surface area contributed by atoms with Gasteiger partial charge in [-0.15, -0.1) is 0 Å². The molecule has 0 atom stereocenters. The van der Waals surface area contributed by atoms with Crippen molar-refractivity contribution in [3.63, 3.8) is 0 Å². The van der Waals surface area contributed by atoms with E-state index in [4.69, 9.17) is 4.74 Å². The van der Waals surface area contributed by atoms with Crippen molar-refractivity contribution in [1.82, 2.24) is 0 Å². The van der Waals surface area contributed by atoms with Crippen molar-refractivity contribution >= 4 is 28.6 Å². The Labute approximate surface area is 91.5 Å². The lowest BCUT2D eigenvalue weighted by Crippen LogP contribution is -1.90. The minimum absolute atomic E-state index is 0.284. The highest BCUT2D eigenvalue weighted by atomic mass is 127. The summed E-state index contributed by atoms with van der Waals surface area (Å²) >= 11 is 2.16. The summed E-state index contributed by atoms with van der Waals surface area (Å²) in [5.41, 5.74) is 0. The molecule has 1 rings (SSSR count). The molecule has 0 spiro atoms. The average molecular weight is 290 g/mol. The molecule has 1 aliphatic heterocycles. The van der Waals surface area contributed by atoms with Crippen molar-refractivity contribution < 1.29 is 9.53 Å². The van der Waals surface area contributed by atoms with E-state index in [1.54, 1.807) is 6.08 Å². The molecule has 1 heterocycles. The highest BCUT2D eigenvalue weighted by Gasteiger charge is 2.11. The number of hydrogen-bond donors (Lipinski definition) is 0. The Hall–Kier alpha value is -0.580. The van der Waals surface area contributed by atoms with Crippen LogP contribution in [0.2, 0.25) is 0 Å². The van der Waals surface area contributed by atoms with E-state index in [9.17, 15) is 4.79 Å². The van der Waals surface area contributed by atoms with E-state index in [0.29, 0.717) is 5.76 Å². The average Bonchev–Trinajstić information content (AvgIpc) is 2.52. The van der Waals surface area contributed by atoms with E-state index in [1.165, 1.54) is 6.08 Å². The van der Waals surface area contributed by atoms with Crippen LogP contribution in [0.1, 0.15) is 19.8 Å². The summed E-state index contributed by atoms with van der Waals surface area (Å²) in [6, 6.07) is 0. The van der Waals surface area contributed by atoms with Gasteiger partial charge in [-0.2, -0.15) is 0 Å². The van der Waals surface area contributed by atoms with Crippen molar-refractivity contribution in [2.24, 2.45) is 0 Å². The number of cyclic esters (lactones) is 1. The van der Waals surface area contributed by atoms with Crippen LogP contribution in [-0.2, 0) is 9.53 Å². The molecular formula is C10H11IO2. The molecule has 2 nitrogen and oxygen atoms in total. The van der Waals surface area contributed by atoms with Crippen LogP contribution in [0.5, 0.6) is 0 Å². The first-order valence-electron chi connectivity index (χ1n) is 4.20. The van der Waals surface area contributed by atoms with Gasteiger partial charge in [0.2, 0.25) is 0 Å². The molecule has 0 fully saturated rings. The number of unbranched alkanes of at least 4 members (excludes halogenated alkanes) is 1. The molecule has 0 radical (unpaired) electrons. The number of ether oxygens (including phenoxy) is 1. The lowest BCUT2D eigenvalue weighted by Gasteiger charge is -1.96. The lowest BCUT2D eigenvalue weighted by molar-refractivity contribution is -0.132. The summed E-state index contributed by atoms with van der Waals surface area (Å²) in [7, 11) is 0. The summed E-state index contributed by atoms with van der Waals surface area (Å²) < 4.78 is 5.89. The molecule has 0 aliphatic carbocycles. The van der Waals surface area contributed by atoms with Gasteiger partial charge in [-0.1, -0.05) is 19.4 Å². The van der Waals surface area contributed by atoms with E-state index in [2.05, 4.69) is 35.6 Å². The fourth-order valence-electron chi connectivity index (χ4n) is 0.884. The van der Waals surface area contributed by atoms with Crippen molar-refractivity contribution in [2.45, 2.75) is 19.8 Å². The van der Waals surface area contributed by atoms with Crippen LogP contribution in [0, 0.1) is 0 Å². The first kappa shape index (κ1) is 10.5. The van der Waals surface area contributed by atoms with E-state index in [0.717, 1.165) is 16.4 Å². The van der Waals surface area contributed by atoms with Gasteiger partial charge >= 0.3 is 5.97 Å². The van der Waals surface area contributed by atoms with Gasteiger partial charge in [0.15, 0.2) is 0 Å². The summed E-state index contributed by atoms with van der Waals surface area (Å²) in [6.07, 6.45) is 9.36. The monoisotopic (exact) mass is 290 g/mol. The quantitative estimate of drug-likeness (QED) is 0.589. The van der Waals surface area contributed by atoms with Gasteiger partial charge in [-0.25, -0.2) is 4.79 Å². The zero-order chi connectivity index (χ0) is 9.68. The van der Waals surface area contributed by atoms with Gasteiger partial charge in [-0.3, -0.25) is 0 Å². The molecule has 0 saturated heterocycles. The van der Waals surface area contributed by atoms with Crippen molar-refractivity contribution in [3.05, 3.63) is 33.6 Å². The molecule has 0 unspecified atom stereocenters. The zero-order valence-electron chi connectivity index (χ0n) is 7.42. The molecule has 0 amide bonds. The minimum atomic E-state index is -0.284. The van der Waals surface area contributed by atoms with Gasteiger partial charge in [0.1, 0.15) is 5.76 Å². The number of allylic oxidation sites excluding steroid dienone is 4. The summed E-state index contributed by atoms with van der Waals surface area (Å²) in [5, 5.41) is 0. The molecule has 0 aromatic heterocycles. The minimum Gasteiger partial charge on any atom is -0.422 e. The standard InChI is InChI=1S/C10H11IO2/c1-2-3-4-5-8(11)9-6-7-10(12)13-9/h4-7H,2-3H2,1H3/b5-4+,9-8-. The van der Waals surface area contributed by atoms with Crippen molar-refractivity contribution in [2.75, 3.05) is 0 Å². The molecule has 0 saturated carbocycles. The normalized spacial score (nSPS) is 19.7. The Morgan fingerprint density at radius 2 is 2.38 bits per heavy atom. The molecular weight excluding hydrogens is 279 g/mol. The van der Waals surface area contributed by atoms with Gasteiger partial charge < -0.3 is 4.74 Å². The second-order valence-corrected chi connectivity index (χ2v) is 3.82. The fraction of sp³-hybridized carbons (Fsp3) is 0.300. The topological polar surface area (TPSA) is 26.3 Å². The lowest BCUT2D eigenvalue weighted by atomic mass is 10.3. The predicted molar refractivity (Wildman–Crippen MR) is 60.3 cm³/mol. The molecule has 13 heavy (non-hydrogen) atoms. The Kier molecular flexibility index (Phi) is 4.21. The second kappa shape index (κ2) is 5.21. The number of esters is 1. The third kappa shape index (κ3) is 3.34. The fourth-order valence-corrected chi connectivity index (χ4v) is 1.43. The first-order chi connectivity index (χ1) is 6.24. The van der Waals surface area contributed by atoms with Crippen LogP contribution in [0.15, 0.2) is 33.6 Å². The van der Waals surface area contributed by atoms with Gasteiger partial charge in [0, 0.05) is 6.08 Å². The van der Waals surface area contributed by atoms with Gasteiger partial charge in [0.05, 0.1) is 3.58 Å². The molecule has 3 heteroatoms. The predicted octanol–water partition coefficient (Wildman–Crippen LogP) is 3.10. The van der Waals surface area contributed by atoms with Crippen LogP contribution in [0.4, 0.5) is 0 Å². The Bertz CT molecular complexity index is 287. The van der Waals surface area contributed by atoms with Crippen LogP contribution in [0.3, 0.4) is 0 Å². The maximum absolute atomic E-state index is 10.7. The van der Waals surface area contributed by atoms with Crippen LogP contribution in [-0.4, -0.2) is 5.97 Å². The van der Waals surface area contributed by atoms with E-state index in [1.807, 2.05) is 6.08 Å². The summed E-state index contributed by atoms with van der Waals surface area (Å²) in [4.78, 5) is 10.7. The third-order valence-corrected chi connectivity index (χ3v) is 2.43. The van der Waals surface area contributed by atoms with Crippen LogP contribution >= 0.6 is 22.6 Å². The maximum Gasteiger partial charge on any atom is 0.336 e. The number of rotatable bonds is 3. The Morgan fingerprint density at radius 3 is 2.92 bits per heavy atom. The second-order valence-electron chi connectivity index (χ2n) is 2.66. The van der Waals surface area contributed by atoms with Crippen LogP contribution < -0.4 is 0 Å². The molecule has 70 valence electrons. The Morgan fingerprint density at radius 1 is 1.62 bits per heavy atom. The van der Waals surface area contributed by atoms with Gasteiger partial charge in [0.25, 0.3) is 0 Å². The molecule has 0 aromatic rings.